The lowest BCUT2D eigenvalue weighted by Gasteiger charge is -2.12. The number of fused-ring (bicyclic) bond motifs is 4. The van der Waals surface area contributed by atoms with Gasteiger partial charge in [0.25, 0.3) is 0 Å². The predicted molar refractivity (Wildman–Crippen MR) is 253 cm³/mol. The molecule has 0 radical (unpaired) electrons. The van der Waals surface area contributed by atoms with Gasteiger partial charge in [-0.15, -0.1) is 0 Å². The van der Waals surface area contributed by atoms with Gasteiger partial charge in [-0.2, -0.15) is 0 Å². The molecule has 0 saturated carbocycles. The molecule has 6 heteroatoms. The van der Waals surface area contributed by atoms with Crippen LogP contribution in [0.1, 0.15) is 0 Å². The highest BCUT2D eigenvalue weighted by atomic mass is 15.0. The van der Waals surface area contributed by atoms with Gasteiger partial charge in [-0.25, -0.2) is 19.9 Å². The van der Waals surface area contributed by atoms with Gasteiger partial charge in [0.15, 0.2) is 5.82 Å². The first-order valence-electron chi connectivity index (χ1n) is 20.8. The van der Waals surface area contributed by atoms with Crippen LogP contribution in [-0.2, 0) is 0 Å². The van der Waals surface area contributed by atoms with Crippen LogP contribution in [0.5, 0.6) is 0 Å². The third kappa shape index (κ3) is 6.21. The number of hydrogen-bond donors (Lipinski definition) is 0. The molecule has 5 heterocycles. The minimum Gasteiger partial charge on any atom is -0.299 e. The van der Waals surface area contributed by atoms with E-state index in [-0.39, 0.29) is 0 Å². The van der Waals surface area contributed by atoms with E-state index in [2.05, 4.69) is 197 Å². The molecule has 0 spiro atoms. The minimum atomic E-state index is 0.656. The Bertz CT molecular complexity index is 3440. The van der Waals surface area contributed by atoms with Gasteiger partial charge in [0.1, 0.15) is 11.3 Å². The molecule has 12 aromatic rings. The van der Waals surface area contributed by atoms with Crippen molar-refractivity contribution in [3.63, 3.8) is 0 Å². The molecule has 0 aliphatic rings. The minimum absolute atomic E-state index is 0.656. The van der Waals surface area contributed by atoms with Crippen molar-refractivity contribution in [1.29, 1.82) is 0 Å². The van der Waals surface area contributed by atoms with Crippen molar-refractivity contribution in [2.24, 2.45) is 0 Å². The molecule has 7 aromatic carbocycles. The molecule has 5 aromatic heterocycles. The molecule has 6 nitrogen and oxygen atoms in total. The first kappa shape index (κ1) is 35.5. The average molecular weight is 793 g/mol. The van der Waals surface area contributed by atoms with Gasteiger partial charge in [0.2, 0.25) is 0 Å². The van der Waals surface area contributed by atoms with Crippen LogP contribution in [-0.4, -0.2) is 28.7 Å². The zero-order chi connectivity index (χ0) is 41.0. The number of aromatic nitrogens is 6. The zero-order valence-electron chi connectivity index (χ0n) is 33.5. The van der Waals surface area contributed by atoms with Crippen molar-refractivity contribution < 1.29 is 0 Å². The summed E-state index contributed by atoms with van der Waals surface area (Å²) in [5.41, 5.74) is 14.4. The summed E-state index contributed by atoms with van der Waals surface area (Å²) in [4.78, 5) is 20.9. The Balaban J connectivity index is 0.999. The molecule has 0 aliphatic carbocycles. The molecule has 290 valence electrons. The number of hydrogen-bond acceptors (Lipinski definition) is 4. The smallest absolute Gasteiger partial charge is 0.160 e. The van der Waals surface area contributed by atoms with Crippen LogP contribution >= 0.6 is 0 Å². The topological polar surface area (TPSA) is 60.4 Å². The van der Waals surface area contributed by atoms with Crippen LogP contribution in [0.4, 0.5) is 0 Å². The normalized spacial score (nSPS) is 11.5. The SMILES string of the molecule is c1ccc(-c2nc(-c3cccc(-c4nc5ccccn5c4-c4ccc5ccccc5c4)c3)cc(-c3cccc(-c4nc5ccccn5c4-c4ccc5ccccc5c4)c3)n2)cc1. The van der Waals surface area contributed by atoms with E-state index in [0.29, 0.717) is 5.82 Å². The van der Waals surface area contributed by atoms with E-state index < -0.39 is 0 Å². The summed E-state index contributed by atoms with van der Waals surface area (Å²) in [7, 11) is 0. The lowest BCUT2D eigenvalue weighted by molar-refractivity contribution is 1.18. The first-order chi connectivity index (χ1) is 30.7. The average Bonchev–Trinajstić information content (AvgIpc) is 3.94. The number of rotatable bonds is 7. The molecule has 0 saturated heterocycles. The second-order valence-electron chi connectivity index (χ2n) is 15.6. The number of pyridine rings is 2. The highest BCUT2D eigenvalue weighted by Crippen LogP contribution is 2.39. The summed E-state index contributed by atoms with van der Waals surface area (Å²) in [6, 6.07) is 72.0. The van der Waals surface area contributed by atoms with E-state index in [1.54, 1.807) is 0 Å². The molecule has 0 unspecified atom stereocenters. The Kier molecular flexibility index (Phi) is 8.38. The van der Waals surface area contributed by atoms with Gasteiger partial charge in [-0.05, 0) is 76.1 Å². The fourth-order valence-electron chi connectivity index (χ4n) is 8.73. The molecule has 0 atom stereocenters. The second kappa shape index (κ2) is 14.7. The standard InChI is InChI=1S/C56H36N6/c1-2-16-39(17-3-1)56-57-48(42-20-12-22-44(34-42)52-54(61-30-10-8-24-50(61)59-52)46-28-26-37-14-4-6-18-40(37)32-46)36-49(58-56)43-21-13-23-45(35-43)53-55(62-31-11-9-25-51(62)60-53)47-29-27-38-15-5-7-19-41(38)33-47/h1-36H. The van der Waals surface area contributed by atoms with Crippen molar-refractivity contribution >= 4 is 32.8 Å². The van der Waals surface area contributed by atoms with Gasteiger partial charge in [-0.3, -0.25) is 8.80 Å². The quantitative estimate of drug-likeness (QED) is 0.161. The largest absolute Gasteiger partial charge is 0.299 e. The van der Waals surface area contributed by atoms with Crippen molar-refractivity contribution in [2.75, 3.05) is 0 Å². The van der Waals surface area contributed by atoms with Gasteiger partial charge in [-0.1, -0.05) is 152 Å². The van der Waals surface area contributed by atoms with Crippen LogP contribution in [0, 0.1) is 0 Å². The number of nitrogens with zero attached hydrogens (tertiary/aromatic N) is 6. The van der Waals surface area contributed by atoms with E-state index in [0.717, 1.165) is 84.4 Å². The Labute approximate surface area is 357 Å². The van der Waals surface area contributed by atoms with Crippen molar-refractivity contribution in [1.82, 2.24) is 28.7 Å². The van der Waals surface area contributed by atoms with Gasteiger partial charge < -0.3 is 0 Å². The molecular formula is C56H36N6. The molecule has 0 amide bonds. The summed E-state index contributed by atoms with van der Waals surface area (Å²) in [5.74, 6) is 0.656. The summed E-state index contributed by atoms with van der Waals surface area (Å²) in [6.07, 6.45) is 4.18. The van der Waals surface area contributed by atoms with Crippen LogP contribution < -0.4 is 0 Å². The molecular weight excluding hydrogens is 757 g/mol. The number of benzene rings is 7. The molecule has 0 fully saturated rings. The van der Waals surface area contributed by atoms with Crippen molar-refractivity contribution in [2.45, 2.75) is 0 Å². The Morgan fingerprint density at radius 1 is 0.274 bits per heavy atom. The van der Waals surface area contributed by atoms with Crippen LogP contribution in [0.3, 0.4) is 0 Å². The van der Waals surface area contributed by atoms with E-state index in [4.69, 9.17) is 19.9 Å². The maximum atomic E-state index is 5.23. The van der Waals surface area contributed by atoms with E-state index in [9.17, 15) is 0 Å². The van der Waals surface area contributed by atoms with Gasteiger partial charge in [0, 0.05) is 51.3 Å². The maximum absolute atomic E-state index is 5.23. The van der Waals surface area contributed by atoms with E-state index >= 15 is 0 Å². The summed E-state index contributed by atoms with van der Waals surface area (Å²) in [5, 5.41) is 4.79. The lowest BCUT2D eigenvalue weighted by atomic mass is 9.98. The molecule has 0 N–H and O–H groups in total. The van der Waals surface area contributed by atoms with Crippen LogP contribution in [0.15, 0.2) is 219 Å². The molecule has 12 rings (SSSR count). The van der Waals surface area contributed by atoms with Crippen LogP contribution in [0.2, 0.25) is 0 Å². The Hall–Kier alpha value is -8.48. The molecule has 0 aliphatic heterocycles. The predicted octanol–water partition coefficient (Wildman–Crippen LogP) is 13.7. The maximum Gasteiger partial charge on any atom is 0.160 e. The van der Waals surface area contributed by atoms with Gasteiger partial charge >= 0.3 is 0 Å². The van der Waals surface area contributed by atoms with Gasteiger partial charge in [0.05, 0.1) is 34.2 Å². The van der Waals surface area contributed by atoms with E-state index in [1.165, 1.54) is 21.5 Å². The summed E-state index contributed by atoms with van der Waals surface area (Å²) in [6.45, 7) is 0. The number of imidazole rings is 2. The summed E-state index contributed by atoms with van der Waals surface area (Å²) < 4.78 is 4.37. The molecule has 0 bridgehead atoms. The Morgan fingerprint density at radius 2 is 0.710 bits per heavy atom. The second-order valence-corrected chi connectivity index (χ2v) is 15.6. The fourth-order valence-corrected chi connectivity index (χ4v) is 8.73. The highest BCUT2D eigenvalue weighted by Gasteiger charge is 2.20. The monoisotopic (exact) mass is 792 g/mol. The molecule has 62 heavy (non-hydrogen) atoms. The third-order valence-corrected chi connectivity index (χ3v) is 11.7. The third-order valence-electron chi connectivity index (χ3n) is 11.7. The summed E-state index contributed by atoms with van der Waals surface area (Å²) >= 11 is 0. The van der Waals surface area contributed by atoms with Crippen molar-refractivity contribution in [3.8, 4) is 78.9 Å². The van der Waals surface area contributed by atoms with E-state index in [1.807, 2.05) is 30.3 Å². The first-order valence-corrected chi connectivity index (χ1v) is 20.8. The lowest BCUT2D eigenvalue weighted by Crippen LogP contribution is -1.96. The Morgan fingerprint density at radius 3 is 1.23 bits per heavy atom. The van der Waals surface area contributed by atoms with Crippen molar-refractivity contribution in [3.05, 3.63) is 219 Å². The zero-order valence-corrected chi connectivity index (χ0v) is 33.5. The van der Waals surface area contributed by atoms with Crippen LogP contribution in [0.25, 0.3) is 112 Å². The highest BCUT2D eigenvalue weighted by molar-refractivity contribution is 5.93. The fraction of sp³-hybridized carbons (Fsp3) is 0.